The molecule has 506 valence electrons. The minimum Gasteiger partial charge on any atom is -0.394 e. The Morgan fingerprint density at radius 1 is 0.391 bits per heavy atom. The van der Waals surface area contributed by atoms with E-state index in [1.165, 1.54) is 0 Å². The van der Waals surface area contributed by atoms with Crippen LogP contribution in [0.15, 0.2) is 0 Å². The summed E-state index contributed by atoms with van der Waals surface area (Å²) in [7, 11) is 0. The summed E-state index contributed by atoms with van der Waals surface area (Å²) in [6.07, 6.45) is -63.3. The van der Waals surface area contributed by atoms with Crippen LogP contribution >= 0.6 is 0 Å². The summed E-state index contributed by atoms with van der Waals surface area (Å²) >= 11 is 0. The van der Waals surface area contributed by atoms with Crippen LogP contribution in [0, 0.1) is 0 Å². The van der Waals surface area contributed by atoms with E-state index in [1.54, 1.807) is 0 Å². The van der Waals surface area contributed by atoms with Gasteiger partial charge in [-0.25, -0.2) is 0 Å². The number of carbonyl (C=O) groups is 3. The molecule has 0 radical (unpaired) electrons. The Morgan fingerprint density at radius 3 is 1.29 bits per heavy atom. The van der Waals surface area contributed by atoms with Crippen LogP contribution < -0.4 is 16.0 Å². The zero-order chi connectivity index (χ0) is 64.6. The molecule has 0 aromatic carbocycles. The van der Waals surface area contributed by atoms with Gasteiger partial charge < -0.3 is 180 Å². The van der Waals surface area contributed by atoms with E-state index in [1.807, 2.05) is 0 Å². The van der Waals surface area contributed by atoms with Crippen molar-refractivity contribution in [2.45, 2.75) is 229 Å². The number of aliphatic hydroxyl groups is 21. The highest BCUT2D eigenvalue weighted by Crippen LogP contribution is 2.37. The largest absolute Gasteiger partial charge is 0.394 e. The molecule has 6 rings (SSSR count). The van der Waals surface area contributed by atoms with Gasteiger partial charge in [0.1, 0.15) is 165 Å². The van der Waals surface area contributed by atoms with E-state index in [0.29, 0.717) is 0 Å². The molecule has 6 aliphatic heterocycles. The molecule has 0 bridgehead atoms. The third-order valence-corrected chi connectivity index (χ3v) is 15.4. The second kappa shape index (κ2) is 32.6. The predicted octanol–water partition coefficient (Wildman–Crippen LogP) is -16.2. The topological polar surface area (TPSA) is 623 Å². The van der Waals surface area contributed by atoms with Gasteiger partial charge >= 0.3 is 0 Å². The maximum absolute atomic E-state index is 12.7. The molecule has 0 saturated carbocycles. The van der Waals surface area contributed by atoms with E-state index < -0.39 is 279 Å². The van der Waals surface area contributed by atoms with E-state index in [0.717, 1.165) is 20.8 Å². The van der Waals surface area contributed by atoms with E-state index in [4.69, 9.17) is 56.8 Å². The lowest BCUT2D eigenvalue weighted by Gasteiger charge is -2.50. The highest BCUT2D eigenvalue weighted by Gasteiger charge is 2.58. The molecule has 6 fully saturated rings. The van der Waals surface area contributed by atoms with Crippen LogP contribution in [-0.4, -0.2) is 386 Å². The predicted molar refractivity (Wildman–Crippen MR) is 269 cm³/mol. The second-order valence-corrected chi connectivity index (χ2v) is 21.6. The Labute approximate surface area is 493 Å². The Kier molecular flexibility index (Phi) is 27.4. The van der Waals surface area contributed by atoms with Crippen molar-refractivity contribution >= 4 is 17.7 Å². The Morgan fingerprint density at radius 2 is 0.805 bits per heavy atom. The van der Waals surface area contributed by atoms with Gasteiger partial charge in [-0.1, -0.05) is 0 Å². The molecule has 0 aromatic heterocycles. The number of carbonyl (C=O) groups excluding carboxylic acids is 3. The molecule has 0 aromatic rings. The number of aliphatic hydroxyl groups excluding tert-OH is 21. The number of nitrogens with one attached hydrogen (secondary N) is 3. The molecule has 0 aliphatic carbocycles. The van der Waals surface area contributed by atoms with Crippen molar-refractivity contribution in [3.05, 3.63) is 0 Å². The first-order valence-electron chi connectivity index (χ1n) is 27.5. The molecular weight excluding hydrogens is 1190 g/mol. The van der Waals surface area contributed by atoms with Crippen LogP contribution in [0.25, 0.3) is 0 Å². The van der Waals surface area contributed by atoms with Crippen molar-refractivity contribution in [1.82, 2.24) is 16.0 Å². The lowest BCUT2D eigenvalue weighted by Crippen LogP contribution is -2.69. The zero-order valence-corrected chi connectivity index (χ0v) is 46.8. The van der Waals surface area contributed by atoms with Crippen LogP contribution in [-0.2, 0) is 71.2 Å². The molecule has 24 N–H and O–H groups in total. The van der Waals surface area contributed by atoms with Crippen LogP contribution in [0.4, 0.5) is 0 Å². The fourth-order valence-corrected chi connectivity index (χ4v) is 10.7. The summed E-state index contributed by atoms with van der Waals surface area (Å²) in [5.41, 5.74) is 0. The maximum Gasteiger partial charge on any atom is 0.217 e. The van der Waals surface area contributed by atoms with Gasteiger partial charge in [0.25, 0.3) is 0 Å². The second-order valence-electron chi connectivity index (χ2n) is 21.6. The molecule has 34 atom stereocenters. The minimum atomic E-state index is -2.45. The van der Waals surface area contributed by atoms with Crippen molar-refractivity contribution in [3.63, 3.8) is 0 Å². The molecule has 3 amide bonds. The van der Waals surface area contributed by atoms with Crippen molar-refractivity contribution in [2.75, 3.05) is 52.9 Å². The molecule has 39 nitrogen and oxygen atoms in total. The van der Waals surface area contributed by atoms with Gasteiger partial charge in [-0.15, -0.1) is 0 Å². The van der Waals surface area contributed by atoms with Gasteiger partial charge in [0.2, 0.25) is 17.7 Å². The standard InChI is InChI=1S/C48H83N3O36/c1-12(59)49-15(4-52)25(63)38(16(62)5-53)83-46-37(75)40(85-48-42(35(73)29(67)20(9-57)80-48)87-43-23(50-13(2)60)31(69)26(64)17(6-54)77-43)30(68)22(82-46)11-76-47-41(34(72)28(66)19(8-56)79-47)86-44-24(51-14(3)61)32(70)39(21(10-58)81-44)84-45-36(74)33(71)27(65)18(7-55)78-45/h15-48,52-58,62-75H,4-11H2,1-3H3,(H,49,59)(H,50,60)(H,51,61)/t15-,16+,17+,18+,19+,20+,21+,22+,23+,24+,25+,26+,27-,28+,29+,30+,31+,32+,33-,34-,35-,36+,37-,38+,39+,40-,41-,42-,43-,44-,45-,46-,47-,48+/m0/s1. The minimum absolute atomic E-state index is 0.825. The van der Waals surface area contributed by atoms with Gasteiger partial charge in [0, 0.05) is 20.8 Å². The monoisotopic (exact) mass is 1280 g/mol. The highest BCUT2D eigenvalue weighted by atomic mass is 16.8. The third-order valence-electron chi connectivity index (χ3n) is 15.4. The van der Waals surface area contributed by atoms with Crippen LogP contribution in [0.2, 0.25) is 0 Å². The van der Waals surface area contributed by atoms with Crippen molar-refractivity contribution in [1.29, 1.82) is 0 Å². The zero-order valence-electron chi connectivity index (χ0n) is 46.8. The van der Waals surface area contributed by atoms with Crippen LogP contribution in [0.5, 0.6) is 0 Å². The molecular formula is C48H83N3O36. The Hall–Kier alpha value is -2.91. The summed E-state index contributed by atoms with van der Waals surface area (Å²) < 4.78 is 70.0. The smallest absolute Gasteiger partial charge is 0.217 e. The summed E-state index contributed by atoms with van der Waals surface area (Å²) in [5.74, 6) is -2.55. The average Bonchev–Trinajstić information content (AvgIpc) is 2.60. The number of hydrogen-bond acceptors (Lipinski definition) is 36. The van der Waals surface area contributed by atoms with Crippen molar-refractivity contribution in [2.24, 2.45) is 0 Å². The van der Waals surface area contributed by atoms with E-state index in [9.17, 15) is 122 Å². The van der Waals surface area contributed by atoms with E-state index in [2.05, 4.69) is 16.0 Å². The number of ether oxygens (including phenoxy) is 12. The van der Waals surface area contributed by atoms with Gasteiger partial charge in [0.15, 0.2) is 37.7 Å². The van der Waals surface area contributed by atoms with Crippen molar-refractivity contribution < 1.29 is 178 Å². The molecule has 0 spiro atoms. The van der Waals surface area contributed by atoms with Crippen LogP contribution in [0.1, 0.15) is 20.8 Å². The lowest BCUT2D eigenvalue weighted by molar-refractivity contribution is -0.392. The first kappa shape index (κ1) is 73.1. The third kappa shape index (κ3) is 16.8. The molecule has 0 unspecified atom stereocenters. The summed E-state index contributed by atoms with van der Waals surface area (Å²) in [6.45, 7) is -5.49. The quantitative estimate of drug-likeness (QED) is 0.0382. The van der Waals surface area contributed by atoms with Gasteiger partial charge in [-0.3, -0.25) is 14.4 Å². The van der Waals surface area contributed by atoms with Gasteiger partial charge in [0.05, 0.1) is 58.9 Å². The van der Waals surface area contributed by atoms with Crippen molar-refractivity contribution in [3.8, 4) is 0 Å². The summed E-state index contributed by atoms with van der Waals surface area (Å²) in [5, 5.41) is 234. The van der Waals surface area contributed by atoms with E-state index >= 15 is 0 Å². The molecule has 6 aliphatic rings. The fraction of sp³-hybridized carbons (Fsp3) is 0.938. The maximum atomic E-state index is 12.7. The van der Waals surface area contributed by atoms with E-state index in [-0.39, 0.29) is 0 Å². The molecule has 6 heterocycles. The Balaban J connectivity index is 1.35. The first-order valence-corrected chi connectivity index (χ1v) is 27.5. The van der Waals surface area contributed by atoms with Crippen LogP contribution in [0.3, 0.4) is 0 Å². The fourth-order valence-electron chi connectivity index (χ4n) is 10.7. The summed E-state index contributed by atoms with van der Waals surface area (Å²) in [4.78, 5) is 37.0. The molecule has 87 heavy (non-hydrogen) atoms. The average molecular weight is 1280 g/mol. The number of amides is 3. The molecule has 6 saturated heterocycles. The number of rotatable bonds is 26. The lowest BCUT2D eigenvalue weighted by atomic mass is 9.94. The van der Waals surface area contributed by atoms with Gasteiger partial charge in [-0.05, 0) is 0 Å². The highest BCUT2D eigenvalue weighted by molar-refractivity contribution is 5.74. The SMILES string of the molecule is CC(=O)N[C@H]1[C@H](O[C@@H]2[C@@H](OC[C@H]3O[C@@H](O[C@@H]([C@H](O)[C@H](CO)NC(C)=O)[C@H](O)CO)[C@@H](O)[C@@H](O[C@H]4O[C@H](CO)[C@@H](O)[C@H](O)[C@@H]4O[C@@H]4O[C@H](CO)[C@@H](O)[C@H](O)[C@H]4NC(C)=O)[C@@H]3O)O[C@H](CO)[C@@H](O)[C@@H]2O)O[C@H](CO)[C@@H](O[C@@H]2O[C@H](CO)[C@H](O)[C@H](O)[C@H]2O)[C@@H]1O. The normalized spacial score (nSPS) is 45.1. The Bertz CT molecular complexity index is 2140. The number of hydrogen-bond donors (Lipinski definition) is 24. The first-order chi connectivity index (χ1) is 41.1. The summed E-state index contributed by atoms with van der Waals surface area (Å²) in [6, 6.07) is -5.23. The van der Waals surface area contributed by atoms with Gasteiger partial charge in [-0.2, -0.15) is 0 Å². The molecule has 39 heteroatoms.